The molecule has 2 N–H and O–H groups in total. The standard InChI is InChI=1S/C24H30N4.2C2H6.CHF3.CH2O/c1-16-13-17(2)23(25-14-16)26-15-20-11-8-12-21-18(3)28(4)24(27-22(20)21)19-9-6-5-7-10-19;2*1-2;2-1(3)4;1-2/h8-9,11-14,23,25-26H,3,5-7,10,15H2,1-2,4H3;2*1-2H3;1H;1H2. The lowest BCUT2D eigenvalue weighted by Crippen LogP contribution is -2.41. The van der Waals surface area contributed by atoms with Crippen molar-refractivity contribution in [3.63, 3.8) is 0 Å². The Morgan fingerprint density at radius 1 is 1.13 bits per heavy atom. The number of hydrogen-bond donors (Lipinski definition) is 2. The summed E-state index contributed by atoms with van der Waals surface area (Å²) in [5.74, 6) is 1.06. The molecule has 2 aliphatic heterocycles. The predicted octanol–water partition coefficient (Wildman–Crippen LogP) is 8.05. The summed E-state index contributed by atoms with van der Waals surface area (Å²) in [6, 6.07) is 6.41. The SMILES string of the molecule is C=C1c2cccc(CNC3NC=C(C)C=C3C)c2N=C(C2=CCCCC2)N1C.C=O.CC.CC.FC(F)F. The van der Waals surface area contributed by atoms with Crippen LogP contribution in [-0.2, 0) is 11.3 Å². The van der Waals surface area contributed by atoms with Crippen LogP contribution in [-0.4, -0.2) is 37.4 Å². The van der Waals surface area contributed by atoms with Gasteiger partial charge >= 0.3 is 6.68 Å². The number of aliphatic imine (C=N–C) groups is 1. The molecule has 0 amide bonds. The summed E-state index contributed by atoms with van der Waals surface area (Å²) in [6.07, 6.45) is 11.6. The van der Waals surface area contributed by atoms with E-state index in [1.807, 2.05) is 34.5 Å². The van der Waals surface area contributed by atoms with Gasteiger partial charge in [-0.15, -0.1) is 0 Å². The van der Waals surface area contributed by atoms with Gasteiger partial charge in [0.05, 0.1) is 11.9 Å². The minimum atomic E-state index is -3.67. The maximum absolute atomic E-state index is 9.67. The van der Waals surface area contributed by atoms with Crippen molar-refractivity contribution >= 4 is 24.0 Å². The zero-order valence-corrected chi connectivity index (χ0v) is 24.0. The highest BCUT2D eigenvalue weighted by atomic mass is 19.4. The van der Waals surface area contributed by atoms with Crippen LogP contribution in [0.25, 0.3) is 5.70 Å². The quantitative estimate of drug-likeness (QED) is 0.410. The van der Waals surface area contributed by atoms with Gasteiger partial charge in [-0.3, -0.25) is 5.32 Å². The van der Waals surface area contributed by atoms with Crippen LogP contribution < -0.4 is 10.6 Å². The second kappa shape index (κ2) is 19.0. The monoisotopic (exact) mass is 534 g/mol. The molecule has 1 aromatic rings. The summed E-state index contributed by atoms with van der Waals surface area (Å²) in [4.78, 5) is 15.3. The average molecular weight is 535 g/mol. The van der Waals surface area contributed by atoms with Crippen molar-refractivity contribution in [1.29, 1.82) is 0 Å². The van der Waals surface area contributed by atoms with Crippen molar-refractivity contribution in [1.82, 2.24) is 15.5 Å². The third kappa shape index (κ3) is 10.3. The highest BCUT2D eigenvalue weighted by Gasteiger charge is 2.25. The molecule has 3 aliphatic rings. The molecule has 5 nitrogen and oxygen atoms in total. The van der Waals surface area contributed by atoms with Crippen LogP contribution in [0.2, 0.25) is 0 Å². The van der Waals surface area contributed by atoms with E-state index in [2.05, 4.69) is 79.6 Å². The molecule has 38 heavy (non-hydrogen) atoms. The maximum atomic E-state index is 9.67. The van der Waals surface area contributed by atoms with Gasteiger partial charge in [0.1, 0.15) is 12.6 Å². The number of nitrogens with one attached hydrogen (secondary N) is 2. The molecule has 0 fully saturated rings. The van der Waals surface area contributed by atoms with Gasteiger partial charge in [-0.05, 0) is 61.8 Å². The van der Waals surface area contributed by atoms with E-state index in [1.165, 1.54) is 35.1 Å². The number of benzene rings is 1. The Bertz CT molecular complexity index is 996. The zero-order chi connectivity index (χ0) is 29.3. The number of amidine groups is 1. The van der Waals surface area contributed by atoms with Crippen LogP contribution in [0, 0.1) is 0 Å². The number of carbonyl (C=O) groups excluding carboxylic acids is 1. The molecule has 1 unspecified atom stereocenters. The molecule has 212 valence electrons. The summed E-state index contributed by atoms with van der Waals surface area (Å²) in [6.45, 7) is 15.7. The second-order valence-electron chi connectivity index (χ2n) is 8.23. The number of dihydropyridines is 1. The third-order valence-electron chi connectivity index (χ3n) is 5.83. The van der Waals surface area contributed by atoms with Crippen LogP contribution in [0.15, 0.2) is 64.8 Å². The molecular formula is C30H45F3N4O. The lowest BCUT2D eigenvalue weighted by molar-refractivity contribution is -0.0980. The van der Waals surface area contributed by atoms with Crippen molar-refractivity contribution in [2.45, 2.75) is 86.6 Å². The Kier molecular flexibility index (Phi) is 17.4. The minimum absolute atomic E-state index is 0.151. The number of likely N-dealkylation sites (N-methyl/N-ethyl adjacent to an activating group) is 1. The first-order valence-electron chi connectivity index (χ1n) is 13.2. The van der Waals surface area contributed by atoms with E-state index in [9.17, 15) is 13.2 Å². The van der Waals surface area contributed by atoms with E-state index in [-0.39, 0.29) is 6.17 Å². The molecule has 2 heterocycles. The Morgan fingerprint density at radius 2 is 1.76 bits per heavy atom. The van der Waals surface area contributed by atoms with Crippen LogP contribution in [0.5, 0.6) is 0 Å². The van der Waals surface area contributed by atoms with E-state index in [0.29, 0.717) is 0 Å². The fourth-order valence-corrected chi connectivity index (χ4v) is 4.18. The van der Waals surface area contributed by atoms with E-state index in [0.717, 1.165) is 42.2 Å². The van der Waals surface area contributed by atoms with Gasteiger partial charge in [-0.1, -0.05) is 64.6 Å². The lowest BCUT2D eigenvalue weighted by atomic mass is 9.95. The molecule has 1 aromatic carbocycles. The van der Waals surface area contributed by atoms with Gasteiger partial charge in [0.15, 0.2) is 0 Å². The fraction of sp³-hybridized carbons (Fsp3) is 0.467. The predicted molar refractivity (Wildman–Crippen MR) is 155 cm³/mol. The summed E-state index contributed by atoms with van der Waals surface area (Å²) in [5, 5.41) is 7.06. The van der Waals surface area contributed by atoms with Gasteiger partial charge in [-0.25, -0.2) is 4.99 Å². The van der Waals surface area contributed by atoms with Gasteiger partial charge < -0.3 is 15.0 Å². The number of para-hydroxylation sites is 1. The molecule has 0 radical (unpaired) electrons. The van der Waals surface area contributed by atoms with E-state index < -0.39 is 6.68 Å². The first kappa shape index (κ1) is 34.9. The molecule has 0 spiro atoms. The third-order valence-corrected chi connectivity index (χ3v) is 5.83. The molecule has 8 heteroatoms. The number of fused-ring (bicyclic) bond motifs is 1. The molecule has 0 bridgehead atoms. The largest absolute Gasteiger partial charge is 0.379 e. The molecule has 0 saturated heterocycles. The van der Waals surface area contributed by atoms with E-state index in [4.69, 9.17) is 9.79 Å². The fourth-order valence-electron chi connectivity index (χ4n) is 4.18. The van der Waals surface area contributed by atoms with Gasteiger partial charge in [-0.2, -0.15) is 13.2 Å². The van der Waals surface area contributed by atoms with Gasteiger partial charge in [0, 0.05) is 31.1 Å². The second-order valence-corrected chi connectivity index (χ2v) is 8.23. The zero-order valence-electron chi connectivity index (χ0n) is 24.0. The molecule has 0 saturated carbocycles. The summed E-state index contributed by atoms with van der Waals surface area (Å²) in [5.41, 5.74) is 8.33. The smallest absolute Gasteiger partial charge is 0.372 e. The van der Waals surface area contributed by atoms with Crippen LogP contribution in [0.4, 0.5) is 18.9 Å². The number of carbonyl (C=O) groups is 1. The molecule has 0 aromatic heterocycles. The highest BCUT2D eigenvalue weighted by molar-refractivity contribution is 6.07. The van der Waals surface area contributed by atoms with Crippen molar-refractivity contribution in [3.8, 4) is 0 Å². The number of halogens is 3. The summed E-state index contributed by atoms with van der Waals surface area (Å²) >= 11 is 0. The summed E-state index contributed by atoms with van der Waals surface area (Å²) < 4.78 is 29.0. The maximum Gasteiger partial charge on any atom is 0.379 e. The first-order chi connectivity index (χ1) is 18.3. The van der Waals surface area contributed by atoms with E-state index >= 15 is 0 Å². The Hall–Kier alpha value is -3.13. The molecule has 1 aliphatic carbocycles. The topological polar surface area (TPSA) is 56.7 Å². The van der Waals surface area contributed by atoms with Crippen LogP contribution in [0.1, 0.15) is 78.4 Å². The molecule has 1 atom stereocenters. The Morgan fingerprint density at radius 3 is 2.32 bits per heavy atom. The highest BCUT2D eigenvalue weighted by Crippen LogP contribution is 2.37. The number of alkyl halides is 3. The van der Waals surface area contributed by atoms with Crippen molar-refractivity contribution in [2.75, 3.05) is 7.05 Å². The Labute approximate surface area is 227 Å². The lowest BCUT2D eigenvalue weighted by Gasteiger charge is -2.32. The van der Waals surface area contributed by atoms with Gasteiger partial charge in [0.2, 0.25) is 0 Å². The number of allylic oxidation sites excluding steroid dienone is 3. The summed E-state index contributed by atoms with van der Waals surface area (Å²) in [7, 11) is 2.08. The van der Waals surface area contributed by atoms with Gasteiger partial charge in [0.25, 0.3) is 0 Å². The van der Waals surface area contributed by atoms with Crippen LogP contribution >= 0.6 is 0 Å². The normalized spacial score (nSPS) is 17.5. The van der Waals surface area contributed by atoms with Crippen molar-refractivity contribution in [2.24, 2.45) is 4.99 Å². The number of hydrogen-bond acceptors (Lipinski definition) is 5. The number of nitrogens with zero attached hydrogens (tertiary/aromatic N) is 2. The number of rotatable bonds is 4. The van der Waals surface area contributed by atoms with Crippen LogP contribution in [0.3, 0.4) is 0 Å². The first-order valence-corrected chi connectivity index (χ1v) is 13.2. The molecule has 4 rings (SSSR count). The Balaban J connectivity index is 0.00000121. The van der Waals surface area contributed by atoms with Crippen molar-refractivity contribution < 1.29 is 18.0 Å². The average Bonchev–Trinajstić information content (AvgIpc) is 2.94. The van der Waals surface area contributed by atoms with Crippen molar-refractivity contribution in [3.05, 3.63) is 71.0 Å². The minimum Gasteiger partial charge on any atom is -0.372 e. The van der Waals surface area contributed by atoms with E-state index in [1.54, 1.807) is 0 Å². The molecular weight excluding hydrogens is 489 g/mol.